The number of rotatable bonds is 5. The molecule has 0 atom stereocenters. The summed E-state index contributed by atoms with van der Waals surface area (Å²) in [4.78, 5) is 12.2. The second-order valence-corrected chi connectivity index (χ2v) is 4.71. The summed E-state index contributed by atoms with van der Waals surface area (Å²) in [5, 5.41) is 10.1. The van der Waals surface area contributed by atoms with E-state index in [1.165, 1.54) is 21.3 Å². The average Bonchev–Trinajstić information content (AvgIpc) is 2.52. The maximum Gasteiger partial charge on any atom is 0.342 e. The molecule has 0 fully saturated rings. The molecule has 0 spiro atoms. The van der Waals surface area contributed by atoms with Gasteiger partial charge in [0.1, 0.15) is 11.3 Å². The number of methoxy groups -OCH3 is 3. The molecule has 0 bridgehead atoms. The van der Waals surface area contributed by atoms with Crippen LogP contribution in [0, 0.1) is 0 Å². The van der Waals surface area contributed by atoms with Crippen molar-refractivity contribution in [1.29, 1.82) is 0 Å². The lowest BCUT2D eigenvalue weighted by Crippen LogP contribution is -2.16. The fourth-order valence-corrected chi connectivity index (χ4v) is 2.64. The van der Waals surface area contributed by atoms with Gasteiger partial charge in [0.25, 0.3) is 0 Å². The largest absolute Gasteiger partial charge is 0.511 e. The standard InChI is InChI=1S/C16H20O6/c1-5-22-16(18)13-10-8-12(19-2)15(21-4)14(20-3)9(10)6-7-11(13)17/h8,17H,5-7H2,1-4H3. The first-order chi connectivity index (χ1) is 10.6. The van der Waals surface area contributed by atoms with Crippen molar-refractivity contribution in [2.45, 2.75) is 19.8 Å². The quantitative estimate of drug-likeness (QED) is 0.842. The second-order valence-electron chi connectivity index (χ2n) is 4.71. The van der Waals surface area contributed by atoms with E-state index in [4.69, 9.17) is 18.9 Å². The highest BCUT2D eigenvalue weighted by atomic mass is 16.5. The third-order valence-electron chi connectivity index (χ3n) is 3.58. The molecule has 0 saturated carbocycles. The third kappa shape index (κ3) is 2.56. The van der Waals surface area contributed by atoms with Gasteiger partial charge in [-0.25, -0.2) is 4.79 Å². The van der Waals surface area contributed by atoms with Gasteiger partial charge in [0, 0.05) is 17.5 Å². The molecule has 0 aliphatic heterocycles. The third-order valence-corrected chi connectivity index (χ3v) is 3.58. The van der Waals surface area contributed by atoms with Gasteiger partial charge in [-0.1, -0.05) is 0 Å². The fraction of sp³-hybridized carbons (Fsp3) is 0.438. The molecule has 0 aromatic heterocycles. The van der Waals surface area contributed by atoms with E-state index in [0.29, 0.717) is 35.7 Å². The van der Waals surface area contributed by atoms with Crippen LogP contribution < -0.4 is 14.2 Å². The summed E-state index contributed by atoms with van der Waals surface area (Å²) in [6.07, 6.45) is 0.876. The fourth-order valence-electron chi connectivity index (χ4n) is 2.64. The maximum absolute atomic E-state index is 12.2. The van der Waals surface area contributed by atoms with Crippen LogP contribution in [0.25, 0.3) is 5.57 Å². The van der Waals surface area contributed by atoms with Gasteiger partial charge in [0.05, 0.1) is 27.9 Å². The first kappa shape index (κ1) is 16.0. The molecule has 1 aliphatic carbocycles. The highest BCUT2D eigenvalue weighted by molar-refractivity contribution is 6.18. The summed E-state index contributed by atoms with van der Waals surface area (Å²) in [5.74, 6) is 0.851. The van der Waals surface area contributed by atoms with Gasteiger partial charge >= 0.3 is 5.97 Å². The Hall–Kier alpha value is -2.37. The Kier molecular flexibility index (Phi) is 4.80. The maximum atomic E-state index is 12.2. The molecular weight excluding hydrogens is 288 g/mol. The van der Waals surface area contributed by atoms with Crippen molar-refractivity contribution in [3.05, 3.63) is 23.0 Å². The zero-order valence-corrected chi connectivity index (χ0v) is 13.2. The Morgan fingerprint density at radius 2 is 1.82 bits per heavy atom. The number of esters is 1. The molecule has 1 N–H and O–H groups in total. The van der Waals surface area contributed by atoms with E-state index in [2.05, 4.69) is 0 Å². The van der Waals surface area contributed by atoms with Crippen molar-refractivity contribution < 1.29 is 28.8 Å². The predicted octanol–water partition coefficient (Wildman–Crippen LogP) is 2.49. The SMILES string of the molecule is CCOC(=O)C1=C(O)CCc2c1cc(OC)c(OC)c2OC. The lowest BCUT2D eigenvalue weighted by Gasteiger charge is -2.24. The number of ether oxygens (including phenoxy) is 4. The summed E-state index contributed by atoms with van der Waals surface area (Å²) in [6.45, 7) is 1.95. The van der Waals surface area contributed by atoms with Crippen molar-refractivity contribution in [1.82, 2.24) is 0 Å². The topological polar surface area (TPSA) is 74.2 Å². The molecule has 1 aromatic rings. The summed E-state index contributed by atoms with van der Waals surface area (Å²) < 4.78 is 21.1. The van der Waals surface area contributed by atoms with E-state index in [9.17, 15) is 9.90 Å². The smallest absolute Gasteiger partial charge is 0.342 e. The van der Waals surface area contributed by atoms with Crippen molar-refractivity contribution in [3.8, 4) is 17.2 Å². The number of carbonyl (C=O) groups excluding carboxylic acids is 1. The molecule has 6 nitrogen and oxygen atoms in total. The first-order valence-electron chi connectivity index (χ1n) is 7.00. The van der Waals surface area contributed by atoms with Crippen molar-refractivity contribution in [2.24, 2.45) is 0 Å². The summed E-state index contributed by atoms with van der Waals surface area (Å²) in [5.41, 5.74) is 1.50. The second kappa shape index (κ2) is 6.60. The molecule has 0 radical (unpaired) electrons. The number of allylic oxidation sites excluding steroid dienone is 1. The Morgan fingerprint density at radius 1 is 1.14 bits per heavy atom. The van der Waals surface area contributed by atoms with Gasteiger partial charge in [0.2, 0.25) is 5.75 Å². The van der Waals surface area contributed by atoms with Gasteiger partial charge < -0.3 is 24.1 Å². The molecule has 1 aromatic carbocycles. The predicted molar refractivity (Wildman–Crippen MR) is 80.6 cm³/mol. The van der Waals surface area contributed by atoms with Gasteiger partial charge in [0.15, 0.2) is 11.5 Å². The van der Waals surface area contributed by atoms with Crippen LogP contribution in [0.4, 0.5) is 0 Å². The number of aliphatic hydroxyl groups is 1. The lowest BCUT2D eigenvalue weighted by molar-refractivity contribution is -0.136. The summed E-state index contributed by atoms with van der Waals surface area (Å²) in [7, 11) is 4.55. The Balaban J connectivity index is 2.69. The van der Waals surface area contributed by atoms with E-state index < -0.39 is 5.97 Å². The van der Waals surface area contributed by atoms with E-state index in [1.807, 2.05) is 0 Å². The Labute approximate surface area is 129 Å². The molecule has 0 unspecified atom stereocenters. The summed E-state index contributed by atoms with van der Waals surface area (Å²) in [6, 6.07) is 1.66. The number of fused-ring (bicyclic) bond motifs is 1. The van der Waals surface area contributed by atoms with Crippen molar-refractivity contribution in [3.63, 3.8) is 0 Å². The van der Waals surface area contributed by atoms with Crippen LogP contribution >= 0.6 is 0 Å². The molecule has 22 heavy (non-hydrogen) atoms. The van der Waals surface area contributed by atoms with Crippen LogP contribution in [0.5, 0.6) is 17.2 Å². The number of aliphatic hydroxyl groups excluding tert-OH is 1. The first-order valence-corrected chi connectivity index (χ1v) is 7.00. The molecule has 1 aliphatic rings. The van der Waals surface area contributed by atoms with Crippen LogP contribution in [0.3, 0.4) is 0 Å². The molecule has 2 rings (SSSR count). The zero-order valence-electron chi connectivity index (χ0n) is 13.2. The van der Waals surface area contributed by atoms with Crippen molar-refractivity contribution >= 4 is 11.5 Å². The molecule has 6 heteroatoms. The normalized spacial score (nSPS) is 13.5. The van der Waals surface area contributed by atoms with Crippen LogP contribution in [0.2, 0.25) is 0 Å². The van der Waals surface area contributed by atoms with E-state index >= 15 is 0 Å². The minimum absolute atomic E-state index is 0.0141. The van der Waals surface area contributed by atoms with Gasteiger partial charge in [-0.3, -0.25) is 0 Å². The summed E-state index contributed by atoms with van der Waals surface area (Å²) >= 11 is 0. The average molecular weight is 308 g/mol. The van der Waals surface area contributed by atoms with Crippen LogP contribution in [-0.2, 0) is 16.0 Å². The zero-order chi connectivity index (χ0) is 16.3. The van der Waals surface area contributed by atoms with Crippen molar-refractivity contribution in [2.75, 3.05) is 27.9 Å². The molecule has 0 saturated heterocycles. The molecular formula is C16H20O6. The lowest BCUT2D eigenvalue weighted by atomic mass is 9.88. The van der Waals surface area contributed by atoms with Crippen LogP contribution in [-0.4, -0.2) is 39.0 Å². The molecule has 0 amide bonds. The minimum Gasteiger partial charge on any atom is -0.511 e. The molecule has 120 valence electrons. The number of benzene rings is 1. The highest BCUT2D eigenvalue weighted by Gasteiger charge is 2.31. The van der Waals surface area contributed by atoms with E-state index in [-0.39, 0.29) is 17.9 Å². The Morgan fingerprint density at radius 3 is 2.36 bits per heavy atom. The molecule has 0 heterocycles. The number of hydrogen-bond acceptors (Lipinski definition) is 6. The van der Waals surface area contributed by atoms with Gasteiger partial charge in [-0.2, -0.15) is 0 Å². The van der Waals surface area contributed by atoms with Gasteiger partial charge in [-0.15, -0.1) is 0 Å². The minimum atomic E-state index is -0.560. The van der Waals surface area contributed by atoms with Crippen LogP contribution in [0.1, 0.15) is 24.5 Å². The Bertz CT molecular complexity index is 618. The monoisotopic (exact) mass is 308 g/mol. The van der Waals surface area contributed by atoms with E-state index in [0.717, 1.165) is 5.56 Å². The highest BCUT2D eigenvalue weighted by Crippen LogP contribution is 2.46. The van der Waals surface area contributed by atoms with Gasteiger partial charge in [-0.05, 0) is 19.4 Å². The number of hydrogen-bond donors (Lipinski definition) is 1. The van der Waals surface area contributed by atoms with E-state index in [1.54, 1.807) is 13.0 Å². The van der Waals surface area contributed by atoms with Crippen LogP contribution in [0.15, 0.2) is 11.8 Å². The number of carbonyl (C=O) groups is 1.